The lowest BCUT2D eigenvalue weighted by Gasteiger charge is -2.44. The maximum atomic E-state index is 13.4. The maximum absolute atomic E-state index is 13.4. The summed E-state index contributed by atoms with van der Waals surface area (Å²) < 4.78 is 5.59. The highest BCUT2D eigenvalue weighted by atomic mass is 32.1. The van der Waals surface area contributed by atoms with Gasteiger partial charge in [-0.1, -0.05) is 19.1 Å². The highest BCUT2D eigenvalue weighted by molar-refractivity contribution is 7.10. The van der Waals surface area contributed by atoms with E-state index >= 15 is 0 Å². The van der Waals surface area contributed by atoms with E-state index in [0.717, 1.165) is 32.5 Å². The number of hydrogen-bond acceptors (Lipinski definition) is 6. The summed E-state index contributed by atoms with van der Waals surface area (Å²) >= 11 is 1.61. The van der Waals surface area contributed by atoms with E-state index in [-0.39, 0.29) is 5.91 Å². The van der Waals surface area contributed by atoms with Gasteiger partial charge in [0, 0.05) is 47.1 Å². The summed E-state index contributed by atoms with van der Waals surface area (Å²) in [6, 6.07) is 9.96. The summed E-state index contributed by atoms with van der Waals surface area (Å²) in [5.74, 6) is -0.155. The lowest BCUT2D eigenvalue weighted by molar-refractivity contribution is -0.131. The molecular weight excluding hydrogens is 396 g/mol. The summed E-state index contributed by atoms with van der Waals surface area (Å²) in [5.41, 5.74) is 3.09. The lowest BCUT2D eigenvalue weighted by atomic mass is 9.67. The van der Waals surface area contributed by atoms with Crippen molar-refractivity contribution in [3.63, 3.8) is 0 Å². The highest BCUT2D eigenvalue weighted by Gasteiger charge is 2.49. The Hall–Kier alpha value is -3.32. The number of nitrogens with one attached hydrogen (secondary N) is 1. The van der Waals surface area contributed by atoms with E-state index in [4.69, 9.17) is 9.83 Å². The van der Waals surface area contributed by atoms with Gasteiger partial charge >= 0.3 is 0 Å². The van der Waals surface area contributed by atoms with Gasteiger partial charge in [0.2, 0.25) is 5.91 Å². The molecule has 0 spiro atoms. The van der Waals surface area contributed by atoms with Crippen LogP contribution in [0.1, 0.15) is 29.7 Å². The van der Waals surface area contributed by atoms with Crippen molar-refractivity contribution in [2.24, 2.45) is 0 Å². The van der Waals surface area contributed by atoms with Crippen molar-refractivity contribution in [3.05, 3.63) is 71.1 Å². The Bertz CT molecular complexity index is 1260. The van der Waals surface area contributed by atoms with Gasteiger partial charge in [0.05, 0.1) is 12.2 Å². The molecule has 5 rings (SSSR count). The number of carbonyl (C=O) groups is 1. The van der Waals surface area contributed by atoms with Crippen molar-refractivity contribution in [1.82, 2.24) is 14.9 Å². The number of hydrogen-bond donors (Lipinski definition) is 1. The number of benzene rings is 1. The minimum Gasteiger partial charge on any atom is -0.464 e. The van der Waals surface area contributed by atoms with Crippen LogP contribution in [0.4, 0.5) is 0 Å². The van der Waals surface area contributed by atoms with Crippen molar-refractivity contribution in [1.29, 1.82) is 5.41 Å². The van der Waals surface area contributed by atoms with Gasteiger partial charge in [-0.25, -0.2) is 9.97 Å². The van der Waals surface area contributed by atoms with Crippen molar-refractivity contribution in [2.45, 2.75) is 24.7 Å². The quantitative estimate of drug-likeness (QED) is 0.518. The average Bonchev–Trinajstić information content (AvgIpc) is 3.42. The first-order valence-corrected chi connectivity index (χ1v) is 10.5. The van der Waals surface area contributed by atoms with Crippen LogP contribution >= 0.6 is 11.3 Å². The predicted molar refractivity (Wildman–Crippen MR) is 117 cm³/mol. The molecule has 30 heavy (non-hydrogen) atoms. The third-order valence-corrected chi connectivity index (χ3v) is 7.23. The Labute approximate surface area is 177 Å². The van der Waals surface area contributed by atoms with Crippen LogP contribution in [-0.4, -0.2) is 33.7 Å². The first kappa shape index (κ1) is 18.7. The third kappa shape index (κ3) is 2.85. The molecule has 2 atom stereocenters. The molecule has 1 aromatic carbocycles. The normalized spacial score (nSPS) is 22.1. The fourth-order valence-corrected chi connectivity index (χ4v) is 5.41. The van der Waals surface area contributed by atoms with E-state index in [1.165, 1.54) is 11.2 Å². The molecule has 1 N–H and O–H groups in total. The molecule has 6 nitrogen and oxygen atoms in total. The average molecular weight is 417 g/mol. The Balaban J connectivity index is 1.64. The van der Waals surface area contributed by atoms with Crippen LogP contribution in [0, 0.1) is 5.41 Å². The van der Waals surface area contributed by atoms with Gasteiger partial charge in [-0.15, -0.1) is 11.3 Å². The topological polar surface area (TPSA) is 83.1 Å². The number of amidine groups is 1. The van der Waals surface area contributed by atoms with E-state index in [0.29, 0.717) is 12.3 Å². The van der Waals surface area contributed by atoms with E-state index < -0.39 is 11.3 Å². The van der Waals surface area contributed by atoms with Gasteiger partial charge in [-0.05, 0) is 34.7 Å². The van der Waals surface area contributed by atoms with Gasteiger partial charge in [0.25, 0.3) is 0 Å². The molecule has 0 saturated carbocycles. The van der Waals surface area contributed by atoms with Crippen LogP contribution < -0.4 is 0 Å². The number of likely N-dealkylation sites (N-methyl/N-ethyl adjacent to an activating group) is 1. The van der Waals surface area contributed by atoms with E-state index in [9.17, 15) is 4.79 Å². The number of amides is 1. The van der Waals surface area contributed by atoms with Crippen molar-refractivity contribution < 1.29 is 9.21 Å². The smallest absolute Gasteiger partial charge is 0.236 e. The standard InChI is InChI=1S/C23H20N4O2S/c1-23(19-8-16(12-30-19)17-10-25-13-26-11-17)9-20(24)27(2)22(28)21(23)15-4-3-14-5-6-29-18(14)7-15/h3-8,10-13,21,24H,9H2,1-2H3/t21-,23+/m0/s1. The zero-order chi connectivity index (χ0) is 20.9. The second-order valence-corrected chi connectivity index (χ2v) is 8.83. The molecule has 4 aromatic rings. The SMILES string of the molecule is CN1C(=N)C[C@](C)(c2cc(-c3cncnc3)cs2)[C@@H](c2ccc3ccoc3c2)C1=O. The number of furan rings is 1. The van der Waals surface area contributed by atoms with Gasteiger partial charge in [0.1, 0.15) is 17.7 Å². The monoisotopic (exact) mass is 416 g/mol. The third-order valence-electron chi connectivity index (χ3n) is 6.02. The maximum Gasteiger partial charge on any atom is 0.236 e. The molecular formula is C23H20N4O2S. The second-order valence-electron chi connectivity index (χ2n) is 7.92. The van der Waals surface area contributed by atoms with E-state index in [1.54, 1.807) is 37.0 Å². The molecule has 1 amide bonds. The number of carbonyl (C=O) groups excluding carboxylic acids is 1. The molecule has 1 aliphatic rings. The Morgan fingerprint density at radius 2 is 2.00 bits per heavy atom. The predicted octanol–water partition coefficient (Wildman–Crippen LogP) is 4.83. The summed E-state index contributed by atoms with van der Waals surface area (Å²) in [7, 11) is 1.68. The number of thiophene rings is 1. The minimum atomic E-state index is -0.542. The Kier molecular flexibility index (Phi) is 4.29. The summed E-state index contributed by atoms with van der Waals surface area (Å²) in [6.45, 7) is 2.08. The van der Waals surface area contributed by atoms with Gasteiger partial charge in [-0.3, -0.25) is 10.2 Å². The molecule has 4 heterocycles. The fraction of sp³-hybridized carbons (Fsp3) is 0.217. The van der Waals surface area contributed by atoms with Crippen LogP contribution in [0.5, 0.6) is 0 Å². The summed E-state index contributed by atoms with van der Waals surface area (Å²) in [6.07, 6.45) is 7.21. The molecule has 1 saturated heterocycles. The molecule has 150 valence electrons. The number of likely N-dealkylation sites (tertiary alicyclic amines) is 1. The van der Waals surface area contributed by atoms with Crippen molar-refractivity contribution in [3.8, 4) is 11.1 Å². The second kappa shape index (κ2) is 6.88. The number of piperidine rings is 1. The van der Waals surface area contributed by atoms with Crippen LogP contribution in [0.3, 0.4) is 0 Å². The van der Waals surface area contributed by atoms with Crippen molar-refractivity contribution >= 4 is 34.0 Å². The van der Waals surface area contributed by atoms with Crippen LogP contribution in [0.15, 0.2) is 65.1 Å². The van der Waals surface area contributed by atoms with Gasteiger partial charge in [-0.2, -0.15) is 0 Å². The van der Waals surface area contributed by atoms with Crippen LogP contribution in [0.2, 0.25) is 0 Å². The van der Waals surface area contributed by atoms with Gasteiger partial charge < -0.3 is 9.32 Å². The highest BCUT2D eigenvalue weighted by Crippen LogP contribution is 2.49. The van der Waals surface area contributed by atoms with Gasteiger partial charge in [0.15, 0.2) is 0 Å². The van der Waals surface area contributed by atoms with Crippen molar-refractivity contribution in [2.75, 3.05) is 7.05 Å². The van der Waals surface area contributed by atoms with E-state index in [2.05, 4.69) is 28.3 Å². The molecule has 3 aromatic heterocycles. The Morgan fingerprint density at radius 3 is 2.80 bits per heavy atom. The van der Waals surface area contributed by atoms with Crippen LogP contribution in [0.25, 0.3) is 22.1 Å². The molecule has 1 fully saturated rings. The Morgan fingerprint density at radius 1 is 1.20 bits per heavy atom. The molecule has 0 radical (unpaired) electrons. The number of fused-ring (bicyclic) bond motifs is 1. The molecule has 0 aliphatic carbocycles. The zero-order valence-corrected chi connectivity index (χ0v) is 17.4. The molecule has 1 aliphatic heterocycles. The molecule has 0 bridgehead atoms. The fourth-order valence-electron chi connectivity index (χ4n) is 4.29. The number of nitrogens with zero attached hydrogens (tertiary/aromatic N) is 3. The lowest BCUT2D eigenvalue weighted by Crippen LogP contribution is -2.51. The number of rotatable bonds is 3. The minimum absolute atomic E-state index is 0.0716. The largest absolute Gasteiger partial charge is 0.464 e. The van der Waals surface area contributed by atoms with Crippen LogP contribution in [-0.2, 0) is 10.2 Å². The number of aromatic nitrogens is 2. The molecule has 7 heteroatoms. The molecule has 0 unspecified atom stereocenters. The first-order chi connectivity index (χ1) is 14.5. The summed E-state index contributed by atoms with van der Waals surface area (Å²) in [4.78, 5) is 24.2. The first-order valence-electron chi connectivity index (χ1n) is 9.64. The van der Waals surface area contributed by atoms with E-state index in [1.807, 2.05) is 24.3 Å². The zero-order valence-electron chi connectivity index (χ0n) is 16.6. The summed E-state index contributed by atoms with van der Waals surface area (Å²) in [5, 5.41) is 11.5.